The number of fused-ring (bicyclic) bond motifs is 2. The van der Waals surface area contributed by atoms with E-state index < -0.39 is 0 Å². The molecule has 0 aliphatic heterocycles. The summed E-state index contributed by atoms with van der Waals surface area (Å²) in [4.78, 5) is 29.2. The lowest BCUT2D eigenvalue weighted by atomic mass is 10.1. The molecule has 0 saturated heterocycles. The Bertz CT molecular complexity index is 3410. The molecule has 0 aliphatic carbocycles. The van der Waals surface area contributed by atoms with Gasteiger partial charge in [0.05, 0.1) is 49.6 Å². The van der Waals surface area contributed by atoms with Gasteiger partial charge in [-0.3, -0.25) is 13.8 Å². The van der Waals surface area contributed by atoms with Crippen LogP contribution in [0.4, 0.5) is 38.8 Å². The van der Waals surface area contributed by atoms with Crippen LogP contribution in [-0.4, -0.2) is 38.7 Å². The minimum Gasteiger partial charge on any atom is -0.382 e. The van der Waals surface area contributed by atoms with Gasteiger partial charge in [-0.15, -0.1) is 0 Å². The Morgan fingerprint density at radius 2 is 1.13 bits per heavy atom. The van der Waals surface area contributed by atoms with Crippen LogP contribution >= 0.6 is 22.7 Å². The summed E-state index contributed by atoms with van der Waals surface area (Å²) in [5, 5.41) is 15.1. The fourth-order valence-electron chi connectivity index (χ4n) is 7.53. The number of nitrogens with two attached hydrogens (primary N) is 1. The van der Waals surface area contributed by atoms with Gasteiger partial charge in [0.25, 0.3) is 0 Å². The molecule has 0 saturated carbocycles. The highest BCUT2D eigenvalue weighted by molar-refractivity contribution is 7.19. The highest BCUT2D eigenvalue weighted by Gasteiger charge is 2.17. The molecule has 13 nitrogen and oxygen atoms in total. The van der Waals surface area contributed by atoms with Gasteiger partial charge in [0.15, 0.2) is 10.3 Å². The second-order valence-corrected chi connectivity index (χ2v) is 17.7. The molecule has 0 aliphatic rings. The molecule has 0 amide bonds. The van der Waals surface area contributed by atoms with Gasteiger partial charge in [0.2, 0.25) is 0 Å². The Morgan fingerprint density at radius 1 is 0.574 bits per heavy atom. The first kappa shape index (κ1) is 46.4. The molecule has 6 N–H and O–H groups in total. The first-order valence-corrected chi connectivity index (χ1v) is 23.7. The largest absolute Gasteiger partial charge is 0.382 e. The molecule has 15 heteroatoms. The van der Waals surface area contributed by atoms with E-state index in [-0.39, 0.29) is 0 Å². The molecule has 342 valence electrons. The molecular weight excluding hydrogens is 883 g/mol. The van der Waals surface area contributed by atoms with Crippen LogP contribution in [0.3, 0.4) is 0 Å². The smallest absolute Gasteiger partial charge is 0.187 e. The van der Waals surface area contributed by atoms with Crippen LogP contribution in [0.5, 0.6) is 0 Å². The third-order valence-corrected chi connectivity index (χ3v) is 12.6. The van der Waals surface area contributed by atoms with Crippen molar-refractivity contribution in [2.24, 2.45) is 0 Å². The number of pyridine rings is 4. The maximum Gasteiger partial charge on any atom is 0.187 e. The summed E-state index contributed by atoms with van der Waals surface area (Å²) in [5.41, 5.74) is 22.2. The lowest BCUT2D eigenvalue weighted by molar-refractivity contribution is 1.10. The van der Waals surface area contributed by atoms with Gasteiger partial charge in [0.1, 0.15) is 17.1 Å². The van der Waals surface area contributed by atoms with Crippen LogP contribution < -0.4 is 27.0 Å². The molecule has 0 atom stereocenters. The summed E-state index contributed by atoms with van der Waals surface area (Å²) in [6.45, 7) is 22.6. The molecule has 68 heavy (non-hydrogen) atoms. The van der Waals surface area contributed by atoms with Crippen LogP contribution in [0.25, 0.3) is 43.8 Å². The fraction of sp³-hybridized carbons (Fsp3) is 0.132. The van der Waals surface area contributed by atoms with Gasteiger partial charge in [-0.05, 0) is 118 Å². The Hall–Kier alpha value is -8.14. The number of aromatic nitrogens is 8. The number of thiazole rings is 2. The van der Waals surface area contributed by atoms with Crippen LogP contribution in [0.2, 0.25) is 0 Å². The molecule has 0 unspecified atom stereocenters. The number of hydrogen-bond acceptors (Lipinski definition) is 13. The standard InChI is InChI=1S/C26H24N6S.C25H23N7S.C2H6/c1-16-8-5-12-24-30-19(4)25(32(16)24)23-15-28-26(33-23)31-21-10-6-9-20(14-21)17(2)29-22-11-7-13-27-18(22)3;1-15-9-10-22-30-17(3)23(32(22)14-15)21-13-28-25(33-21)31-19-7-4-6-18(12-19)16(2)29-20-8-5-11-27-24(20)26;1-2/h5-15,29H,2H2,1,3-4H3,(H,28,31);4-14,29H,2H2,1,3H3,(H2,26,27)(H,28,31);1-2H3. The highest BCUT2D eigenvalue weighted by atomic mass is 32.1. The van der Waals surface area contributed by atoms with Crippen LogP contribution in [-0.2, 0) is 0 Å². The first-order chi connectivity index (χ1) is 33.0. The second-order valence-electron chi connectivity index (χ2n) is 15.6. The van der Waals surface area contributed by atoms with Crippen molar-refractivity contribution in [3.8, 4) is 21.1 Å². The van der Waals surface area contributed by atoms with Gasteiger partial charge in [-0.2, -0.15) is 0 Å². The van der Waals surface area contributed by atoms with Gasteiger partial charge >= 0.3 is 0 Å². The van der Waals surface area contributed by atoms with Gasteiger partial charge < -0.3 is 27.0 Å². The monoisotopic (exact) mass is 935 g/mol. The van der Waals surface area contributed by atoms with Crippen molar-refractivity contribution in [2.75, 3.05) is 27.0 Å². The average molecular weight is 936 g/mol. The number of anilines is 7. The number of imidazole rings is 2. The average Bonchev–Trinajstić information content (AvgIpc) is 4.14. The lowest BCUT2D eigenvalue weighted by Crippen LogP contribution is -2.02. The van der Waals surface area contributed by atoms with E-state index in [0.29, 0.717) is 5.82 Å². The Morgan fingerprint density at radius 3 is 1.76 bits per heavy atom. The number of hydrogen-bond donors (Lipinski definition) is 5. The SMILES string of the molecule is C=C(Nc1cccnc1C)c1cccc(Nc2ncc(-c3c(C)nc4cccc(C)n34)s2)c1.C=C(Nc1cccnc1N)c1cccc(Nc2ncc(-c3c(C)nc4ccc(C)cn34)s2)c1.CC. The van der Waals surface area contributed by atoms with E-state index >= 15 is 0 Å². The number of nitrogens with zero attached hydrogens (tertiary/aromatic N) is 8. The van der Waals surface area contributed by atoms with E-state index in [1.54, 1.807) is 35.1 Å². The van der Waals surface area contributed by atoms with E-state index in [2.05, 4.69) is 106 Å². The second kappa shape index (κ2) is 20.6. The lowest BCUT2D eigenvalue weighted by Gasteiger charge is -2.12. The van der Waals surface area contributed by atoms with Crippen molar-refractivity contribution >= 4 is 84.2 Å². The van der Waals surface area contributed by atoms with Crippen LogP contribution in [0, 0.1) is 34.6 Å². The molecule has 0 radical (unpaired) electrons. The minimum atomic E-state index is 0.432. The molecule has 8 aromatic heterocycles. The molecular formula is C53H53N13S2. The summed E-state index contributed by atoms with van der Waals surface area (Å²) >= 11 is 3.21. The van der Waals surface area contributed by atoms with Crippen molar-refractivity contribution in [2.45, 2.75) is 48.5 Å². The molecule has 10 aromatic rings. The summed E-state index contributed by atoms with van der Waals surface area (Å²) in [6.07, 6.45) is 9.35. The third kappa shape index (κ3) is 10.3. The zero-order valence-electron chi connectivity index (χ0n) is 39.1. The number of aryl methyl sites for hydroxylation is 5. The van der Waals surface area contributed by atoms with Crippen LogP contribution in [0.15, 0.2) is 147 Å². The predicted octanol–water partition coefficient (Wildman–Crippen LogP) is 13.5. The van der Waals surface area contributed by atoms with E-state index in [4.69, 9.17) is 10.7 Å². The van der Waals surface area contributed by atoms with E-state index in [0.717, 1.165) is 111 Å². The van der Waals surface area contributed by atoms with Crippen molar-refractivity contribution < 1.29 is 0 Å². The van der Waals surface area contributed by atoms with Gasteiger partial charge in [0, 0.05) is 59.4 Å². The van der Waals surface area contributed by atoms with Crippen molar-refractivity contribution in [1.82, 2.24) is 38.7 Å². The van der Waals surface area contributed by atoms with E-state index in [9.17, 15) is 0 Å². The van der Waals surface area contributed by atoms with Gasteiger partial charge in [-0.25, -0.2) is 24.9 Å². The van der Waals surface area contributed by atoms with Crippen molar-refractivity contribution in [3.63, 3.8) is 0 Å². The Kier molecular flexibility index (Phi) is 14.0. The summed E-state index contributed by atoms with van der Waals surface area (Å²) < 4.78 is 4.31. The molecule has 8 heterocycles. The quantitative estimate of drug-likeness (QED) is 0.0793. The Labute approximate surface area is 404 Å². The predicted molar refractivity (Wildman–Crippen MR) is 285 cm³/mol. The van der Waals surface area contributed by atoms with E-state index in [1.807, 2.05) is 132 Å². The fourth-order valence-corrected chi connectivity index (χ4v) is 9.38. The van der Waals surface area contributed by atoms with Crippen LogP contribution in [0.1, 0.15) is 53.3 Å². The molecule has 0 bridgehead atoms. The maximum atomic E-state index is 5.93. The Balaban J connectivity index is 0.000000177. The number of benzene rings is 2. The first-order valence-electron chi connectivity index (χ1n) is 22.1. The maximum absolute atomic E-state index is 5.93. The molecule has 0 fully saturated rings. The van der Waals surface area contributed by atoms with Gasteiger partial charge in [-0.1, -0.05) is 86.1 Å². The number of rotatable bonds is 12. The summed E-state index contributed by atoms with van der Waals surface area (Å²) in [7, 11) is 0. The zero-order chi connectivity index (χ0) is 47.9. The normalized spacial score (nSPS) is 10.8. The molecule has 2 aromatic carbocycles. The van der Waals surface area contributed by atoms with Crippen molar-refractivity contribution in [1.29, 1.82) is 0 Å². The molecule has 10 rings (SSSR count). The summed E-state index contributed by atoms with van der Waals surface area (Å²) in [6, 6.07) is 34.0. The zero-order valence-corrected chi connectivity index (χ0v) is 40.7. The topological polar surface area (TPSA) is 160 Å². The summed E-state index contributed by atoms with van der Waals surface area (Å²) in [5.74, 6) is 0.432. The minimum absolute atomic E-state index is 0.432. The number of nitrogens with one attached hydrogen (secondary N) is 4. The third-order valence-electron chi connectivity index (χ3n) is 10.8. The van der Waals surface area contributed by atoms with E-state index in [1.165, 1.54) is 5.56 Å². The highest BCUT2D eigenvalue weighted by Crippen LogP contribution is 2.36. The van der Waals surface area contributed by atoms with Crippen molar-refractivity contribution in [3.05, 3.63) is 187 Å². The molecule has 0 spiro atoms. The number of nitrogen functional groups attached to an aromatic ring is 1.